The van der Waals surface area contributed by atoms with E-state index in [4.69, 9.17) is 21.6 Å². The molecule has 0 aliphatic carbocycles. The molecular weight excluding hydrogens is 226 g/mol. The molecule has 0 amide bonds. The molecule has 0 atom stereocenters. The van der Waals surface area contributed by atoms with Gasteiger partial charge in [-0.1, -0.05) is 17.7 Å². The Kier molecular flexibility index (Phi) is 5.62. The van der Waals surface area contributed by atoms with Gasteiger partial charge in [0.1, 0.15) is 11.0 Å². The van der Waals surface area contributed by atoms with Crippen LogP contribution in [0.3, 0.4) is 0 Å². The number of rotatable bonds is 6. The van der Waals surface area contributed by atoms with Gasteiger partial charge in [-0.05, 0) is 12.1 Å². The maximum atomic E-state index is 8.59. The molecule has 0 saturated heterocycles. The van der Waals surface area contributed by atoms with Gasteiger partial charge in [-0.2, -0.15) is 5.26 Å². The number of hydrogen-bond donors (Lipinski definition) is 0. The monoisotopic (exact) mass is 239 g/mol. The number of halogens is 1. The summed E-state index contributed by atoms with van der Waals surface area (Å²) in [6.07, 6.45) is 0.456. The van der Waals surface area contributed by atoms with Crippen molar-refractivity contribution in [1.29, 1.82) is 5.26 Å². The van der Waals surface area contributed by atoms with Gasteiger partial charge in [0.25, 0.3) is 0 Å². The second-order valence-electron chi connectivity index (χ2n) is 3.21. The van der Waals surface area contributed by atoms with Gasteiger partial charge in [-0.3, -0.25) is 0 Å². The SMILES string of the molecule is COCCN(CCC#N)c1cccc(Cl)n1. The molecule has 4 nitrogen and oxygen atoms in total. The van der Waals surface area contributed by atoms with E-state index >= 15 is 0 Å². The minimum Gasteiger partial charge on any atom is -0.383 e. The van der Waals surface area contributed by atoms with Crippen LogP contribution in [0.2, 0.25) is 5.15 Å². The zero-order valence-electron chi connectivity index (χ0n) is 9.19. The highest BCUT2D eigenvalue weighted by Gasteiger charge is 2.07. The second-order valence-corrected chi connectivity index (χ2v) is 3.59. The largest absolute Gasteiger partial charge is 0.383 e. The molecule has 0 unspecified atom stereocenters. The van der Waals surface area contributed by atoms with E-state index in [1.807, 2.05) is 17.0 Å². The van der Waals surface area contributed by atoms with E-state index in [-0.39, 0.29) is 0 Å². The lowest BCUT2D eigenvalue weighted by atomic mass is 10.3. The maximum absolute atomic E-state index is 8.59. The molecule has 1 rings (SSSR count). The summed E-state index contributed by atoms with van der Waals surface area (Å²) in [5, 5.41) is 9.04. The van der Waals surface area contributed by atoms with Gasteiger partial charge >= 0.3 is 0 Å². The summed E-state index contributed by atoms with van der Waals surface area (Å²) >= 11 is 5.82. The highest BCUT2D eigenvalue weighted by Crippen LogP contribution is 2.14. The van der Waals surface area contributed by atoms with Crippen LogP contribution < -0.4 is 4.90 Å². The van der Waals surface area contributed by atoms with Crippen LogP contribution in [0.5, 0.6) is 0 Å². The first kappa shape index (κ1) is 12.8. The molecule has 0 aliphatic heterocycles. The Hall–Kier alpha value is -1.31. The van der Waals surface area contributed by atoms with Gasteiger partial charge in [0.15, 0.2) is 0 Å². The summed E-state index contributed by atoms with van der Waals surface area (Å²) in [6.45, 7) is 1.93. The normalized spacial score (nSPS) is 9.81. The van der Waals surface area contributed by atoms with Crippen LogP contribution in [0.4, 0.5) is 5.82 Å². The molecular formula is C11H14ClN3O. The third-order valence-corrected chi connectivity index (χ3v) is 2.29. The molecule has 0 spiro atoms. The molecule has 0 bridgehead atoms. The first-order valence-electron chi connectivity index (χ1n) is 5.01. The maximum Gasteiger partial charge on any atom is 0.131 e. The zero-order valence-corrected chi connectivity index (χ0v) is 9.94. The van der Waals surface area contributed by atoms with Crippen LogP contribution in [0.25, 0.3) is 0 Å². The summed E-state index contributed by atoms with van der Waals surface area (Å²) in [5.41, 5.74) is 0. The Balaban J connectivity index is 2.70. The smallest absolute Gasteiger partial charge is 0.131 e. The van der Waals surface area contributed by atoms with E-state index in [2.05, 4.69) is 11.1 Å². The van der Waals surface area contributed by atoms with Crippen LogP contribution in [-0.4, -0.2) is 31.8 Å². The van der Waals surface area contributed by atoms with E-state index in [1.54, 1.807) is 13.2 Å². The summed E-state index contributed by atoms with van der Waals surface area (Å²) in [4.78, 5) is 6.19. The standard InChI is InChI=1S/C11H14ClN3O/c1-16-9-8-15(7-3-6-13)11-5-2-4-10(12)14-11/h2,4-5H,3,7-9H2,1H3. The van der Waals surface area contributed by atoms with Crippen molar-refractivity contribution in [2.45, 2.75) is 6.42 Å². The zero-order chi connectivity index (χ0) is 11.8. The summed E-state index contributed by atoms with van der Waals surface area (Å²) in [6, 6.07) is 7.56. The summed E-state index contributed by atoms with van der Waals surface area (Å²) < 4.78 is 5.02. The summed E-state index contributed by atoms with van der Waals surface area (Å²) in [5.74, 6) is 0.778. The molecule has 0 fully saturated rings. The van der Waals surface area contributed by atoms with Gasteiger partial charge in [0, 0.05) is 20.2 Å². The first-order valence-corrected chi connectivity index (χ1v) is 5.39. The lowest BCUT2D eigenvalue weighted by Crippen LogP contribution is -2.28. The van der Waals surface area contributed by atoms with Gasteiger partial charge in [-0.15, -0.1) is 0 Å². The molecule has 1 aromatic heterocycles. The molecule has 86 valence electrons. The minimum atomic E-state index is 0.455. The molecule has 0 N–H and O–H groups in total. The molecule has 0 aliphatic rings. The molecule has 1 heterocycles. The van der Waals surface area contributed by atoms with Gasteiger partial charge < -0.3 is 9.64 Å². The summed E-state index contributed by atoms with van der Waals surface area (Å²) in [7, 11) is 1.65. The molecule has 0 radical (unpaired) electrons. The van der Waals surface area contributed by atoms with Crippen molar-refractivity contribution in [3.63, 3.8) is 0 Å². The Bertz CT molecular complexity index is 364. The van der Waals surface area contributed by atoms with E-state index in [9.17, 15) is 0 Å². The number of hydrogen-bond acceptors (Lipinski definition) is 4. The number of methoxy groups -OCH3 is 1. The number of aromatic nitrogens is 1. The number of pyridine rings is 1. The average Bonchev–Trinajstić information content (AvgIpc) is 2.29. The fourth-order valence-corrected chi connectivity index (χ4v) is 1.46. The van der Waals surface area contributed by atoms with E-state index in [1.165, 1.54) is 0 Å². The highest BCUT2D eigenvalue weighted by atomic mass is 35.5. The number of nitriles is 1. The lowest BCUT2D eigenvalue weighted by Gasteiger charge is -2.22. The Morgan fingerprint density at radius 2 is 2.31 bits per heavy atom. The second kappa shape index (κ2) is 7.04. The van der Waals surface area contributed by atoms with E-state index in [0.717, 1.165) is 5.82 Å². The van der Waals surface area contributed by atoms with Crippen molar-refractivity contribution in [2.24, 2.45) is 0 Å². The molecule has 0 saturated carbocycles. The predicted molar refractivity (Wildman–Crippen MR) is 63.6 cm³/mol. The third-order valence-electron chi connectivity index (χ3n) is 2.08. The third kappa shape index (κ3) is 4.05. The van der Waals surface area contributed by atoms with Gasteiger partial charge in [0.05, 0.1) is 19.1 Å². The molecule has 5 heteroatoms. The van der Waals surface area contributed by atoms with Crippen LogP contribution in [0.1, 0.15) is 6.42 Å². The number of nitrogens with zero attached hydrogens (tertiary/aromatic N) is 3. The number of anilines is 1. The Labute approximate surface area is 100 Å². The van der Waals surface area contributed by atoms with Crippen LogP contribution >= 0.6 is 11.6 Å². The quantitative estimate of drug-likeness (QED) is 0.714. The van der Waals surface area contributed by atoms with Crippen molar-refractivity contribution in [3.8, 4) is 6.07 Å². The van der Waals surface area contributed by atoms with Crippen LogP contribution in [-0.2, 0) is 4.74 Å². The number of ether oxygens (including phenoxy) is 1. The fourth-order valence-electron chi connectivity index (χ4n) is 1.30. The Morgan fingerprint density at radius 3 is 2.94 bits per heavy atom. The minimum absolute atomic E-state index is 0.455. The molecule has 16 heavy (non-hydrogen) atoms. The topological polar surface area (TPSA) is 49.1 Å². The van der Waals surface area contributed by atoms with E-state index < -0.39 is 0 Å². The highest BCUT2D eigenvalue weighted by molar-refractivity contribution is 6.29. The van der Waals surface area contributed by atoms with Gasteiger partial charge in [-0.25, -0.2) is 4.98 Å². The molecule has 1 aromatic rings. The van der Waals surface area contributed by atoms with Crippen molar-refractivity contribution in [1.82, 2.24) is 4.98 Å². The van der Waals surface area contributed by atoms with Crippen LogP contribution in [0, 0.1) is 11.3 Å². The average molecular weight is 240 g/mol. The van der Waals surface area contributed by atoms with Crippen molar-refractivity contribution in [2.75, 3.05) is 31.7 Å². The van der Waals surface area contributed by atoms with Crippen molar-refractivity contribution in [3.05, 3.63) is 23.4 Å². The lowest BCUT2D eigenvalue weighted by molar-refractivity contribution is 0.205. The van der Waals surface area contributed by atoms with Crippen molar-refractivity contribution < 1.29 is 4.74 Å². The predicted octanol–water partition coefficient (Wildman–Crippen LogP) is 2.10. The van der Waals surface area contributed by atoms with Crippen molar-refractivity contribution >= 4 is 17.4 Å². The fraction of sp³-hybridized carbons (Fsp3) is 0.455. The first-order chi connectivity index (χ1) is 7.77. The Morgan fingerprint density at radius 1 is 1.50 bits per heavy atom. The van der Waals surface area contributed by atoms with Gasteiger partial charge in [0.2, 0.25) is 0 Å². The van der Waals surface area contributed by atoms with E-state index in [0.29, 0.717) is 31.3 Å². The molecule has 0 aromatic carbocycles. The van der Waals surface area contributed by atoms with Crippen LogP contribution in [0.15, 0.2) is 18.2 Å².